The lowest BCUT2D eigenvalue weighted by Gasteiger charge is -2.12. The number of nitrogens with two attached hydrogens (primary N) is 1. The number of rotatable bonds is 4. The summed E-state index contributed by atoms with van der Waals surface area (Å²) in [5, 5.41) is 2.72. The van der Waals surface area contributed by atoms with Crippen molar-refractivity contribution in [1.82, 2.24) is 4.57 Å². The predicted molar refractivity (Wildman–Crippen MR) is 81.5 cm³/mol. The van der Waals surface area contributed by atoms with Gasteiger partial charge in [0.1, 0.15) is 12.3 Å². The van der Waals surface area contributed by atoms with Crippen molar-refractivity contribution in [2.24, 2.45) is 0 Å². The van der Waals surface area contributed by atoms with Gasteiger partial charge in [0.15, 0.2) is 0 Å². The summed E-state index contributed by atoms with van der Waals surface area (Å²) in [7, 11) is 1.53. The number of ether oxygens (including phenoxy) is 1. The number of anilines is 2. The average Bonchev–Trinajstić information content (AvgIpc) is 2.44. The summed E-state index contributed by atoms with van der Waals surface area (Å²) in [4.78, 5) is 23.7. The molecule has 2 rings (SSSR count). The Hall–Kier alpha value is -2.76. The van der Waals surface area contributed by atoms with Crippen LogP contribution in [-0.4, -0.2) is 17.6 Å². The van der Waals surface area contributed by atoms with Crippen molar-refractivity contribution in [3.8, 4) is 5.75 Å². The highest BCUT2D eigenvalue weighted by Crippen LogP contribution is 2.25. The van der Waals surface area contributed by atoms with Gasteiger partial charge >= 0.3 is 0 Å². The fourth-order valence-electron chi connectivity index (χ4n) is 1.92. The van der Waals surface area contributed by atoms with Crippen molar-refractivity contribution < 1.29 is 9.53 Å². The molecule has 21 heavy (non-hydrogen) atoms. The number of amides is 1. The first kappa shape index (κ1) is 14.6. The summed E-state index contributed by atoms with van der Waals surface area (Å²) in [6.07, 6.45) is 1.44. The van der Waals surface area contributed by atoms with Gasteiger partial charge in [0, 0.05) is 18.0 Å². The van der Waals surface area contributed by atoms with E-state index in [1.807, 2.05) is 19.1 Å². The summed E-state index contributed by atoms with van der Waals surface area (Å²) >= 11 is 0. The second-order valence-electron chi connectivity index (χ2n) is 4.68. The molecule has 1 aromatic carbocycles. The van der Waals surface area contributed by atoms with Gasteiger partial charge in [-0.1, -0.05) is 6.07 Å². The molecule has 1 aromatic heterocycles. The Morgan fingerprint density at radius 3 is 2.81 bits per heavy atom. The van der Waals surface area contributed by atoms with Gasteiger partial charge in [0.2, 0.25) is 5.91 Å². The van der Waals surface area contributed by atoms with Crippen LogP contribution in [0.5, 0.6) is 5.75 Å². The molecule has 2 aromatic rings. The van der Waals surface area contributed by atoms with Crippen molar-refractivity contribution >= 4 is 17.3 Å². The standard InChI is InChI=1S/C15H17N3O3/c1-10-3-5-12(13(7-10)21-2)17-14(19)9-18-8-11(16)4-6-15(18)20/h3-8H,9,16H2,1-2H3,(H,17,19). The molecule has 0 saturated carbocycles. The van der Waals surface area contributed by atoms with Gasteiger partial charge in [0.25, 0.3) is 5.56 Å². The number of carbonyl (C=O) groups is 1. The lowest BCUT2D eigenvalue weighted by Crippen LogP contribution is -2.27. The van der Waals surface area contributed by atoms with Crippen LogP contribution >= 0.6 is 0 Å². The van der Waals surface area contributed by atoms with E-state index in [2.05, 4.69) is 5.32 Å². The van der Waals surface area contributed by atoms with Crippen molar-refractivity contribution in [1.29, 1.82) is 0 Å². The van der Waals surface area contributed by atoms with Gasteiger partial charge in [-0.2, -0.15) is 0 Å². The minimum atomic E-state index is -0.329. The second-order valence-corrected chi connectivity index (χ2v) is 4.68. The van der Waals surface area contributed by atoms with E-state index in [-0.39, 0.29) is 18.0 Å². The number of hydrogen-bond acceptors (Lipinski definition) is 4. The molecule has 6 heteroatoms. The molecule has 1 amide bonds. The molecular formula is C15H17N3O3. The predicted octanol–water partition coefficient (Wildman–Crippen LogP) is 1.39. The maximum atomic E-state index is 12.0. The number of hydrogen-bond donors (Lipinski definition) is 2. The third-order valence-corrected chi connectivity index (χ3v) is 2.95. The Morgan fingerprint density at radius 2 is 2.10 bits per heavy atom. The molecule has 0 aliphatic rings. The lowest BCUT2D eigenvalue weighted by molar-refractivity contribution is -0.116. The number of nitrogen functional groups attached to an aromatic ring is 1. The molecule has 3 N–H and O–H groups in total. The van der Waals surface area contributed by atoms with Crippen LogP contribution in [0, 0.1) is 6.92 Å². The Bertz CT molecular complexity index is 722. The third kappa shape index (κ3) is 3.62. The first-order valence-corrected chi connectivity index (χ1v) is 6.40. The highest BCUT2D eigenvalue weighted by Gasteiger charge is 2.09. The maximum absolute atomic E-state index is 12.0. The van der Waals surface area contributed by atoms with E-state index in [0.29, 0.717) is 17.1 Å². The van der Waals surface area contributed by atoms with E-state index in [9.17, 15) is 9.59 Å². The van der Waals surface area contributed by atoms with E-state index >= 15 is 0 Å². The second kappa shape index (κ2) is 6.13. The molecule has 0 bridgehead atoms. The van der Waals surface area contributed by atoms with Crippen LogP contribution in [0.2, 0.25) is 0 Å². The van der Waals surface area contributed by atoms with Crippen LogP contribution in [0.15, 0.2) is 41.3 Å². The average molecular weight is 287 g/mol. The zero-order chi connectivity index (χ0) is 15.4. The van der Waals surface area contributed by atoms with Gasteiger partial charge in [0.05, 0.1) is 12.8 Å². The first-order valence-electron chi connectivity index (χ1n) is 6.40. The van der Waals surface area contributed by atoms with Gasteiger partial charge in [-0.05, 0) is 30.7 Å². The maximum Gasteiger partial charge on any atom is 0.251 e. The summed E-state index contributed by atoms with van der Waals surface area (Å²) in [5.74, 6) is 0.244. The highest BCUT2D eigenvalue weighted by atomic mass is 16.5. The quantitative estimate of drug-likeness (QED) is 0.889. The van der Waals surface area contributed by atoms with E-state index in [1.165, 1.54) is 30.0 Å². The fraction of sp³-hybridized carbons (Fsp3) is 0.200. The minimum Gasteiger partial charge on any atom is -0.495 e. The van der Waals surface area contributed by atoms with Gasteiger partial charge in [-0.3, -0.25) is 9.59 Å². The van der Waals surface area contributed by atoms with Crippen LogP contribution < -0.4 is 21.3 Å². The number of benzene rings is 1. The van der Waals surface area contributed by atoms with E-state index in [1.54, 1.807) is 6.07 Å². The smallest absolute Gasteiger partial charge is 0.251 e. The van der Waals surface area contributed by atoms with Gasteiger partial charge in [-0.25, -0.2) is 0 Å². The van der Waals surface area contributed by atoms with Crippen molar-refractivity contribution in [3.05, 3.63) is 52.4 Å². The largest absolute Gasteiger partial charge is 0.495 e. The molecule has 0 spiro atoms. The molecule has 0 saturated heterocycles. The number of aryl methyl sites for hydroxylation is 1. The first-order chi connectivity index (χ1) is 9.99. The third-order valence-electron chi connectivity index (χ3n) is 2.95. The Balaban J connectivity index is 2.15. The van der Waals surface area contributed by atoms with Crippen molar-refractivity contribution in [2.75, 3.05) is 18.2 Å². The van der Waals surface area contributed by atoms with Crippen LogP contribution in [-0.2, 0) is 11.3 Å². The van der Waals surface area contributed by atoms with E-state index in [0.717, 1.165) is 5.56 Å². The van der Waals surface area contributed by atoms with Gasteiger partial charge < -0.3 is 20.4 Å². The summed E-state index contributed by atoms with van der Waals surface area (Å²) in [6, 6.07) is 8.27. The van der Waals surface area contributed by atoms with E-state index in [4.69, 9.17) is 10.5 Å². The molecule has 0 aliphatic heterocycles. The number of methoxy groups -OCH3 is 1. The summed E-state index contributed by atoms with van der Waals surface area (Å²) in [5.41, 5.74) is 7.34. The molecule has 6 nitrogen and oxygen atoms in total. The van der Waals surface area contributed by atoms with Crippen LogP contribution in [0.4, 0.5) is 11.4 Å². The van der Waals surface area contributed by atoms with E-state index < -0.39 is 0 Å². The molecule has 0 radical (unpaired) electrons. The molecule has 110 valence electrons. The molecule has 0 atom stereocenters. The molecule has 0 fully saturated rings. The minimum absolute atomic E-state index is 0.110. The number of aromatic nitrogens is 1. The SMILES string of the molecule is COc1cc(C)ccc1NC(=O)Cn1cc(N)ccc1=O. The zero-order valence-electron chi connectivity index (χ0n) is 11.9. The number of carbonyl (C=O) groups excluding carboxylic acids is 1. The molecule has 1 heterocycles. The zero-order valence-corrected chi connectivity index (χ0v) is 11.9. The van der Waals surface area contributed by atoms with Crippen molar-refractivity contribution in [3.63, 3.8) is 0 Å². The number of nitrogens with zero attached hydrogens (tertiary/aromatic N) is 1. The summed E-state index contributed by atoms with van der Waals surface area (Å²) < 4.78 is 6.47. The topological polar surface area (TPSA) is 86.3 Å². The summed E-state index contributed by atoms with van der Waals surface area (Å²) in [6.45, 7) is 1.82. The highest BCUT2D eigenvalue weighted by molar-refractivity contribution is 5.92. The molecular weight excluding hydrogens is 270 g/mol. The Morgan fingerprint density at radius 1 is 1.33 bits per heavy atom. The monoisotopic (exact) mass is 287 g/mol. The number of nitrogens with one attached hydrogen (secondary N) is 1. The number of pyridine rings is 1. The Labute approximate surface area is 122 Å². The molecule has 0 unspecified atom stereocenters. The lowest BCUT2D eigenvalue weighted by atomic mass is 10.2. The van der Waals surface area contributed by atoms with Gasteiger partial charge in [-0.15, -0.1) is 0 Å². The Kier molecular flexibility index (Phi) is 4.27. The van der Waals surface area contributed by atoms with Crippen molar-refractivity contribution in [2.45, 2.75) is 13.5 Å². The van der Waals surface area contributed by atoms with Crippen LogP contribution in [0.1, 0.15) is 5.56 Å². The molecule has 0 aliphatic carbocycles. The van der Waals surface area contributed by atoms with Crippen LogP contribution in [0.3, 0.4) is 0 Å². The fourth-order valence-corrected chi connectivity index (χ4v) is 1.92. The normalized spacial score (nSPS) is 10.2. The van der Waals surface area contributed by atoms with Crippen LogP contribution in [0.25, 0.3) is 0 Å².